The topological polar surface area (TPSA) is 38.3 Å². The van der Waals surface area contributed by atoms with Gasteiger partial charge in [-0.2, -0.15) is 0 Å². The summed E-state index contributed by atoms with van der Waals surface area (Å²) in [7, 11) is 0. The molecule has 0 rings (SSSR count). The van der Waals surface area contributed by atoms with E-state index in [-0.39, 0.29) is 11.9 Å². The lowest BCUT2D eigenvalue weighted by atomic mass is 10.2. The molecule has 1 atom stereocenters. The Labute approximate surface area is 96.3 Å². The predicted octanol–water partition coefficient (Wildman–Crippen LogP) is 1.14. The van der Waals surface area contributed by atoms with E-state index < -0.39 is 0 Å². The predicted molar refractivity (Wildman–Crippen MR) is 64.8 cm³/mol. The Bertz CT molecular complexity index is 213. The molecule has 0 aliphatic heterocycles. The van der Waals surface area contributed by atoms with Crippen LogP contribution in [0.4, 0.5) is 0 Å². The lowest BCUT2D eigenvalue weighted by Crippen LogP contribution is -2.29. The van der Waals surface area contributed by atoms with E-state index in [0.29, 0.717) is 13.2 Å². The van der Waals surface area contributed by atoms with Gasteiger partial charge in [-0.25, -0.2) is 0 Å². The normalized spacial score (nSPS) is 11.8. The van der Waals surface area contributed by atoms with Gasteiger partial charge in [-0.3, -0.25) is 4.79 Å². The van der Waals surface area contributed by atoms with E-state index >= 15 is 0 Å². The molecule has 3 nitrogen and oxygen atoms in total. The molecule has 1 unspecified atom stereocenters. The summed E-state index contributed by atoms with van der Waals surface area (Å²) in [5.41, 5.74) is 0. The van der Waals surface area contributed by atoms with Crippen molar-refractivity contribution in [3.05, 3.63) is 0 Å². The molecule has 0 bridgehead atoms. The molecule has 0 radical (unpaired) electrons. The van der Waals surface area contributed by atoms with Gasteiger partial charge in [0, 0.05) is 18.8 Å². The molecule has 15 heavy (non-hydrogen) atoms. The minimum atomic E-state index is -0.138. The summed E-state index contributed by atoms with van der Waals surface area (Å²) in [6.45, 7) is 5.65. The third kappa shape index (κ3) is 8.34. The van der Waals surface area contributed by atoms with Crippen molar-refractivity contribution in [3.8, 4) is 12.3 Å². The first-order valence-corrected chi connectivity index (χ1v) is 6.26. The van der Waals surface area contributed by atoms with Gasteiger partial charge in [0.15, 0.2) is 0 Å². The summed E-state index contributed by atoms with van der Waals surface area (Å²) < 4.78 is 4.89. The van der Waals surface area contributed by atoms with Crippen molar-refractivity contribution >= 4 is 17.7 Å². The molecule has 0 fully saturated rings. The molecule has 0 saturated heterocycles. The quantitative estimate of drug-likeness (QED) is 0.385. The number of thioether (sulfide) groups is 1. The zero-order valence-electron chi connectivity index (χ0n) is 9.41. The Balaban J connectivity index is 3.35. The second kappa shape index (κ2) is 9.88. The van der Waals surface area contributed by atoms with Crippen molar-refractivity contribution in [2.45, 2.75) is 13.8 Å². The molecule has 0 saturated carbocycles. The molecule has 0 aliphatic carbocycles. The summed E-state index contributed by atoms with van der Waals surface area (Å²) in [6, 6.07) is 0. The van der Waals surface area contributed by atoms with Gasteiger partial charge in [0.05, 0.1) is 18.3 Å². The molecular formula is C11H19NO2S. The van der Waals surface area contributed by atoms with Crippen LogP contribution in [0.3, 0.4) is 0 Å². The number of carbonyl (C=O) groups is 1. The maximum atomic E-state index is 11.2. The van der Waals surface area contributed by atoms with Crippen LogP contribution in [-0.4, -0.2) is 37.2 Å². The maximum Gasteiger partial charge on any atom is 0.309 e. The van der Waals surface area contributed by atoms with Crippen LogP contribution in [0.15, 0.2) is 0 Å². The fraction of sp³-hybridized carbons (Fsp3) is 0.727. The van der Waals surface area contributed by atoms with Crippen molar-refractivity contribution in [1.29, 1.82) is 0 Å². The van der Waals surface area contributed by atoms with E-state index in [2.05, 4.69) is 11.2 Å². The highest BCUT2D eigenvalue weighted by Crippen LogP contribution is 1.98. The van der Waals surface area contributed by atoms with Crippen LogP contribution >= 0.6 is 11.8 Å². The van der Waals surface area contributed by atoms with Crippen molar-refractivity contribution in [2.75, 3.05) is 31.2 Å². The number of terminal acetylenes is 1. The summed E-state index contributed by atoms with van der Waals surface area (Å²) in [5.74, 6) is 4.06. The van der Waals surface area contributed by atoms with Gasteiger partial charge in [-0.05, 0) is 6.92 Å². The minimum Gasteiger partial charge on any atom is -0.466 e. The lowest BCUT2D eigenvalue weighted by Gasteiger charge is -2.10. The molecular weight excluding hydrogens is 210 g/mol. The monoisotopic (exact) mass is 229 g/mol. The van der Waals surface area contributed by atoms with Crippen molar-refractivity contribution in [3.63, 3.8) is 0 Å². The Morgan fingerprint density at radius 2 is 2.40 bits per heavy atom. The number of nitrogens with one attached hydrogen (secondary N) is 1. The average Bonchev–Trinajstić information content (AvgIpc) is 2.23. The molecule has 0 spiro atoms. The molecule has 0 aliphatic rings. The molecule has 4 heteroatoms. The summed E-state index contributed by atoms with van der Waals surface area (Å²) in [5, 5.41) is 3.19. The van der Waals surface area contributed by atoms with Crippen LogP contribution < -0.4 is 5.32 Å². The first-order chi connectivity index (χ1) is 7.22. The highest BCUT2D eigenvalue weighted by Gasteiger charge is 2.12. The zero-order chi connectivity index (χ0) is 11.5. The number of hydrogen-bond acceptors (Lipinski definition) is 4. The van der Waals surface area contributed by atoms with E-state index in [1.165, 1.54) is 0 Å². The van der Waals surface area contributed by atoms with Gasteiger partial charge in [-0.1, -0.05) is 12.8 Å². The van der Waals surface area contributed by atoms with Crippen molar-refractivity contribution < 1.29 is 9.53 Å². The third-order valence-corrected chi connectivity index (χ3v) is 2.61. The number of ether oxygens (including phenoxy) is 1. The Kier molecular flexibility index (Phi) is 9.44. The third-order valence-electron chi connectivity index (χ3n) is 1.75. The lowest BCUT2D eigenvalue weighted by molar-refractivity contribution is -0.147. The maximum absolute atomic E-state index is 11.2. The molecule has 0 aromatic rings. The minimum absolute atomic E-state index is 0.0809. The van der Waals surface area contributed by atoms with Gasteiger partial charge < -0.3 is 10.1 Å². The van der Waals surface area contributed by atoms with Gasteiger partial charge in [0.1, 0.15) is 0 Å². The number of rotatable bonds is 8. The molecule has 0 heterocycles. The van der Waals surface area contributed by atoms with Crippen LogP contribution in [0.2, 0.25) is 0 Å². The Morgan fingerprint density at radius 3 is 3.00 bits per heavy atom. The van der Waals surface area contributed by atoms with Gasteiger partial charge in [0.25, 0.3) is 0 Å². The number of hydrogen-bond donors (Lipinski definition) is 1. The fourth-order valence-corrected chi connectivity index (χ4v) is 1.51. The van der Waals surface area contributed by atoms with Gasteiger partial charge in [-0.15, -0.1) is 18.2 Å². The van der Waals surface area contributed by atoms with E-state index in [4.69, 9.17) is 11.2 Å². The molecule has 0 aromatic carbocycles. The zero-order valence-corrected chi connectivity index (χ0v) is 10.2. The van der Waals surface area contributed by atoms with Crippen molar-refractivity contribution in [1.82, 2.24) is 5.32 Å². The second-order valence-electron chi connectivity index (χ2n) is 3.11. The molecule has 0 amide bonds. The van der Waals surface area contributed by atoms with Crippen LogP contribution in [0.1, 0.15) is 13.8 Å². The molecule has 0 aromatic heterocycles. The summed E-state index contributed by atoms with van der Waals surface area (Å²) in [4.78, 5) is 11.2. The average molecular weight is 229 g/mol. The first-order valence-electron chi connectivity index (χ1n) is 5.10. The van der Waals surface area contributed by atoms with E-state index in [1.54, 1.807) is 11.8 Å². The number of carbonyl (C=O) groups excluding carboxylic acids is 1. The fourth-order valence-electron chi connectivity index (χ4n) is 0.962. The standard InChI is InChI=1S/C11H19NO2S/c1-4-7-15-8-6-12-9-10(3)11(13)14-5-2/h1,10,12H,5-9H2,2-3H3. The Hall–Kier alpha value is -0.660. The second-order valence-corrected chi connectivity index (χ2v) is 4.22. The van der Waals surface area contributed by atoms with E-state index in [9.17, 15) is 4.79 Å². The first kappa shape index (κ1) is 14.3. The van der Waals surface area contributed by atoms with Crippen LogP contribution in [0.5, 0.6) is 0 Å². The largest absolute Gasteiger partial charge is 0.466 e. The Morgan fingerprint density at radius 1 is 1.67 bits per heavy atom. The van der Waals surface area contributed by atoms with Crippen LogP contribution in [0.25, 0.3) is 0 Å². The SMILES string of the molecule is C#CCSCCNCC(C)C(=O)OCC. The highest BCUT2D eigenvalue weighted by atomic mass is 32.2. The molecule has 1 N–H and O–H groups in total. The smallest absolute Gasteiger partial charge is 0.309 e. The number of esters is 1. The van der Waals surface area contributed by atoms with Crippen molar-refractivity contribution in [2.24, 2.45) is 5.92 Å². The van der Waals surface area contributed by atoms with Crippen LogP contribution in [-0.2, 0) is 9.53 Å². The van der Waals surface area contributed by atoms with E-state index in [0.717, 1.165) is 18.1 Å². The van der Waals surface area contributed by atoms with Gasteiger partial charge in [0.2, 0.25) is 0 Å². The van der Waals surface area contributed by atoms with Gasteiger partial charge >= 0.3 is 5.97 Å². The van der Waals surface area contributed by atoms with Crippen LogP contribution in [0, 0.1) is 18.3 Å². The highest BCUT2D eigenvalue weighted by molar-refractivity contribution is 7.99. The summed E-state index contributed by atoms with van der Waals surface area (Å²) in [6.07, 6.45) is 5.11. The summed E-state index contributed by atoms with van der Waals surface area (Å²) >= 11 is 1.71. The molecule has 86 valence electrons. The van der Waals surface area contributed by atoms with E-state index in [1.807, 2.05) is 13.8 Å².